The highest BCUT2D eigenvalue weighted by Gasteiger charge is 2.32. The van der Waals surface area contributed by atoms with Crippen molar-refractivity contribution >= 4 is 44.5 Å². The van der Waals surface area contributed by atoms with Crippen LogP contribution < -0.4 is 15.4 Å². The Hall–Kier alpha value is -3.47. The van der Waals surface area contributed by atoms with Gasteiger partial charge >= 0.3 is 0 Å². The molecule has 0 radical (unpaired) electrons. The van der Waals surface area contributed by atoms with Gasteiger partial charge in [0.05, 0.1) is 23.8 Å². The van der Waals surface area contributed by atoms with E-state index in [0.717, 1.165) is 23.1 Å². The summed E-state index contributed by atoms with van der Waals surface area (Å²) in [7, 11) is -3.68. The van der Waals surface area contributed by atoms with Gasteiger partial charge in [-0.15, -0.1) is 0 Å². The molecule has 5 rings (SSSR count). The third kappa shape index (κ3) is 4.15. The Morgan fingerprint density at radius 2 is 1.85 bits per heavy atom. The number of hydrogen-bond acceptors (Lipinski definition) is 7. The second-order valence-corrected chi connectivity index (χ2v) is 10.1. The first-order valence-corrected chi connectivity index (χ1v) is 12.7. The highest BCUT2D eigenvalue weighted by atomic mass is 32.2. The van der Waals surface area contributed by atoms with Crippen LogP contribution >= 0.6 is 11.3 Å². The van der Waals surface area contributed by atoms with Crippen molar-refractivity contribution in [3.63, 3.8) is 0 Å². The van der Waals surface area contributed by atoms with Crippen molar-refractivity contribution in [2.45, 2.75) is 6.17 Å². The molecule has 1 aliphatic heterocycles. The highest BCUT2D eigenvalue weighted by molar-refractivity contribution is 7.92. The van der Waals surface area contributed by atoms with E-state index in [1.165, 1.54) is 24.5 Å². The summed E-state index contributed by atoms with van der Waals surface area (Å²) >= 11 is 1.62. The SMILES string of the molecule is CS(=O)(=O)Nc1cc(C2=Nc3occc3C(N)N2c2ccc(-c3ccsc3)cc2)ccc1F. The molecule has 2 aromatic carbocycles. The van der Waals surface area contributed by atoms with Gasteiger partial charge in [0.1, 0.15) is 17.8 Å². The summed E-state index contributed by atoms with van der Waals surface area (Å²) in [6, 6.07) is 15.8. The number of nitrogens with one attached hydrogen (secondary N) is 1. The minimum atomic E-state index is -3.68. The minimum Gasteiger partial charge on any atom is -0.446 e. The van der Waals surface area contributed by atoms with E-state index in [1.54, 1.807) is 17.4 Å². The zero-order valence-electron chi connectivity index (χ0n) is 17.4. The van der Waals surface area contributed by atoms with E-state index in [9.17, 15) is 12.8 Å². The van der Waals surface area contributed by atoms with E-state index in [2.05, 4.69) is 15.1 Å². The maximum atomic E-state index is 14.3. The lowest BCUT2D eigenvalue weighted by Gasteiger charge is -2.34. The van der Waals surface area contributed by atoms with Gasteiger partial charge in [-0.05, 0) is 64.4 Å². The molecule has 1 aliphatic rings. The summed E-state index contributed by atoms with van der Waals surface area (Å²) in [6.07, 6.45) is 1.86. The van der Waals surface area contributed by atoms with Gasteiger partial charge in [-0.2, -0.15) is 16.3 Å². The molecule has 33 heavy (non-hydrogen) atoms. The molecule has 3 N–H and O–H groups in total. The average molecular weight is 483 g/mol. The second-order valence-electron chi connectivity index (χ2n) is 7.56. The summed E-state index contributed by atoms with van der Waals surface area (Å²) in [4.78, 5) is 6.43. The van der Waals surface area contributed by atoms with Gasteiger partial charge in [-0.1, -0.05) is 12.1 Å². The molecular weight excluding hydrogens is 463 g/mol. The van der Waals surface area contributed by atoms with Crippen LogP contribution in [0.5, 0.6) is 0 Å². The van der Waals surface area contributed by atoms with Crippen molar-refractivity contribution in [2.75, 3.05) is 15.9 Å². The van der Waals surface area contributed by atoms with Gasteiger partial charge in [0.25, 0.3) is 0 Å². The van der Waals surface area contributed by atoms with Crippen LogP contribution in [0.3, 0.4) is 0 Å². The number of thiophene rings is 1. The van der Waals surface area contributed by atoms with E-state index < -0.39 is 22.0 Å². The molecule has 4 aromatic rings. The van der Waals surface area contributed by atoms with Crippen LogP contribution in [-0.4, -0.2) is 20.5 Å². The molecule has 0 spiro atoms. The molecule has 7 nitrogen and oxygen atoms in total. The van der Waals surface area contributed by atoms with Crippen LogP contribution in [0.25, 0.3) is 11.1 Å². The first-order valence-electron chi connectivity index (χ1n) is 9.91. The van der Waals surface area contributed by atoms with Gasteiger partial charge in [0, 0.05) is 11.3 Å². The number of aliphatic imine (C=N–C) groups is 1. The number of halogens is 1. The molecule has 10 heteroatoms. The van der Waals surface area contributed by atoms with Crippen molar-refractivity contribution in [1.29, 1.82) is 0 Å². The maximum absolute atomic E-state index is 14.3. The van der Waals surface area contributed by atoms with E-state index in [4.69, 9.17) is 10.2 Å². The molecular formula is C23H19FN4O3S2. The van der Waals surface area contributed by atoms with E-state index in [0.29, 0.717) is 22.8 Å². The van der Waals surface area contributed by atoms with Gasteiger partial charge in [0.15, 0.2) is 0 Å². The highest BCUT2D eigenvalue weighted by Crippen LogP contribution is 2.38. The number of rotatable bonds is 5. The fraction of sp³-hybridized carbons (Fsp3) is 0.0870. The topological polar surface area (TPSA) is 101 Å². The number of amidine groups is 1. The molecule has 168 valence electrons. The van der Waals surface area contributed by atoms with Crippen LogP contribution in [0.1, 0.15) is 17.3 Å². The minimum absolute atomic E-state index is 0.177. The summed E-state index contributed by atoms with van der Waals surface area (Å²) in [6.45, 7) is 0. The van der Waals surface area contributed by atoms with Crippen molar-refractivity contribution in [3.05, 3.63) is 88.6 Å². The third-order valence-corrected chi connectivity index (χ3v) is 6.50. The summed E-state index contributed by atoms with van der Waals surface area (Å²) < 4.78 is 45.4. The average Bonchev–Trinajstić information content (AvgIpc) is 3.47. The number of anilines is 2. The lowest BCUT2D eigenvalue weighted by atomic mass is 10.0. The van der Waals surface area contributed by atoms with E-state index in [1.807, 2.05) is 40.6 Å². The molecule has 1 unspecified atom stereocenters. The van der Waals surface area contributed by atoms with Crippen LogP contribution in [-0.2, 0) is 10.0 Å². The van der Waals surface area contributed by atoms with Crippen molar-refractivity contribution < 1.29 is 17.2 Å². The Labute approximate surface area is 194 Å². The molecule has 0 amide bonds. The molecule has 3 heterocycles. The van der Waals surface area contributed by atoms with E-state index in [-0.39, 0.29) is 5.69 Å². The zero-order valence-corrected chi connectivity index (χ0v) is 19.0. The number of nitrogens with zero attached hydrogens (tertiary/aromatic N) is 2. The number of hydrogen-bond donors (Lipinski definition) is 2. The Balaban J connectivity index is 1.61. The smallest absolute Gasteiger partial charge is 0.229 e. The Bertz CT molecular complexity index is 1450. The molecule has 0 aliphatic carbocycles. The number of sulfonamides is 1. The maximum Gasteiger partial charge on any atom is 0.229 e. The molecule has 0 saturated carbocycles. The van der Waals surface area contributed by atoms with Crippen LogP contribution in [0.4, 0.5) is 21.6 Å². The van der Waals surface area contributed by atoms with Gasteiger partial charge in [-0.25, -0.2) is 12.8 Å². The van der Waals surface area contributed by atoms with Crippen molar-refractivity contribution in [1.82, 2.24) is 0 Å². The van der Waals surface area contributed by atoms with Crippen molar-refractivity contribution in [3.8, 4) is 11.1 Å². The Kier molecular flexibility index (Phi) is 5.28. The van der Waals surface area contributed by atoms with Gasteiger partial charge in [-0.3, -0.25) is 4.72 Å². The van der Waals surface area contributed by atoms with Crippen LogP contribution in [0.2, 0.25) is 0 Å². The van der Waals surface area contributed by atoms with Crippen LogP contribution in [0.15, 0.2) is 81.0 Å². The first kappa shape index (κ1) is 21.4. The predicted octanol–water partition coefficient (Wildman–Crippen LogP) is 5.07. The summed E-state index contributed by atoms with van der Waals surface area (Å²) in [5, 5.41) is 4.09. The molecule has 0 fully saturated rings. The van der Waals surface area contributed by atoms with Crippen molar-refractivity contribution in [2.24, 2.45) is 10.7 Å². The molecule has 0 bridgehead atoms. The fourth-order valence-corrected chi connectivity index (χ4v) is 4.94. The molecule has 0 saturated heterocycles. The lowest BCUT2D eigenvalue weighted by molar-refractivity contribution is 0.565. The standard InChI is InChI=1S/C23H19FN4O3S2/c1-33(29,30)27-20-12-15(4-7-19(20)24)22-26-23-18(8-10-31-23)21(25)28(22)17-5-2-14(3-6-17)16-9-11-32-13-16/h2-13,21,27H,25H2,1H3. The fourth-order valence-electron chi connectivity index (χ4n) is 3.72. The number of fused-ring (bicyclic) bond motifs is 1. The Morgan fingerprint density at radius 3 is 2.55 bits per heavy atom. The summed E-state index contributed by atoms with van der Waals surface area (Å²) in [5.41, 5.74) is 10.6. The van der Waals surface area contributed by atoms with Crippen LogP contribution in [0, 0.1) is 5.82 Å². The first-order chi connectivity index (χ1) is 15.8. The normalized spacial score (nSPS) is 15.8. The zero-order chi connectivity index (χ0) is 23.2. The predicted molar refractivity (Wildman–Crippen MR) is 129 cm³/mol. The second kappa shape index (κ2) is 8.14. The van der Waals surface area contributed by atoms with Gasteiger partial charge in [0.2, 0.25) is 15.9 Å². The number of benzene rings is 2. The largest absolute Gasteiger partial charge is 0.446 e. The quantitative estimate of drug-likeness (QED) is 0.413. The lowest BCUT2D eigenvalue weighted by Crippen LogP contribution is -2.42. The van der Waals surface area contributed by atoms with E-state index >= 15 is 0 Å². The molecule has 2 aromatic heterocycles. The summed E-state index contributed by atoms with van der Waals surface area (Å²) in [5.74, 6) is 0.0608. The van der Waals surface area contributed by atoms with Gasteiger partial charge < -0.3 is 15.1 Å². The molecule has 1 atom stereocenters. The Morgan fingerprint density at radius 1 is 1.09 bits per heavy atom. The number of furan rings is 1. The third-order valence-electron chi connectivity index (χ3n) is 5.23. The number of nitrogens with two attached hydrogens (primary N) is 1. The monoisotopic (exact) mass is 482 g/mol.